The summed E-state index contributed by atoms with van der Waals surface area (Å²) in [6.07, 6.45) is 0.780. The zero-order valence-electron chi connectivity index (χ0n) is 15.3. The maximum absolute atomic E-state index is 12.7. The molecule has 2 rings (SSSR count). The van der Waals surface area contributed by atoms with Crippen molar-refractivity contribution in [3.63, 3.8) is 0 Å². The second kappa shape index (κ2) is 8.93. The zero-order valence-corrected chi connectivity index (χ0v) is 15.3. The van der Waals surface area contributed by atoms with Crippen molar-refractivity contribution in [3.8, 4) is 0 Å². The van der Waals surface area contributed by atoms with Crippen LogP contribution in [0.2, 0.25) is 0 Å². The summed E-state index contributed by atoms with van der Waals surface area (Å²) < 4.78 is 5.40. The number of nitrogens with two attached hydrogens (primary N) is 1. The van der Waals surface area contributed by atoms with Crippen molar-refractivity contribution in [1.82, 2.24) is 0 Å². The Hall–Kier alpha value is -3.22. The van der Waals surface area contributed by atoms with E-state index in [-0.39, 0.29) is 29.3 Å². The Kier molecular flexibility index (Phi) is 6.65. The average molecular weight is 370 g/mol. The molecule has 0 bridgehead atoms. The van der Waals surface area contributed by atoms with Gasteiger partial charge in [0.25, 0.3) is 5.69 Å². The number of benzene rings is 2. The van der Waals surface area contributed by atoms with Gasteiger partial charge in [-0.25, -0.2) is 0 Å². The molecular formula is C20H22N2O5. The molecule has 27 heavy (non-hydrogen) atoms. The molecule has 0 aliphatic rings. The number of ether oxygens (including phenoxy) is 1. The van der Waals surface area contributed by atoms with Crippen LogP contribution in [0.3, 0.4) is 0 Å². The van der Waals surface area contributed by atoms with E-state index in [0.29, 0.717) is 0 Å². The van der Waals surface area contributed by atoms with Crippen molar-refractivity contribution in [1.29, 1.82) is 0 Å². The smallest absolute Gasteiger partial charge is 0.314 e. The van der Waals surface area contributed by atoms with Gasteiger partial charge in [0.05, 0.1) is 16.4 Å². The number of carbonyl (C=O) groups is 2. The molecule has 0 spiro atoms. The second-order valence-corrected chi connectivity index (χ2v) is 6.35. The third kappa shape index (κ3) is 4.91. The molecule has 2 unspecified atom stereocenters. The highest BCUT2D eigenvalue weighted by Crippen LogP contribution is 2.29. The van der Waals surface area contributed by atoms with E-state index in [1.54, 1.807) is 0 Å². The average Bonchev–Trinajstić information content (AvgIpc) is 2.66. The molecule has 2 aromatic rings. The molecule has 2 aromatic carbocycles. The van der Waals surface area contributed by atoms with E-state index in [1.165, 1.54) is 12.1 Å². The first-order chi connectivity index (χ1) is 12.8. The molecule has 0 aromatic heterocycles. The molecule has 0 fully saturated rings. The van der Waals surface area contributed by atoms with Crippen LogP contribution in [0.5, 0.6) is 0 Å². The van der Waals surface area contributed by atoms with Crippen LogP contribution in [0.25, 0.3) is 0 Å². The van der Waals surface area contributed by atoms with Gasteiger partial charge in [0.2, 0.25) is 5.91 Å². The molecule has 1 amide bonds. The number of rotatable bonds is 8. The summed E-state index contributed by atoms with van der Waals surface area (Å²) in [6, 6.07) is 13.1. The molecule has 0 radical (unpaired) electrons. The van der Waals surface area contributed by atoms with Crippen LogP contribution in [0, 0.1) is 16.0 Å². The van der Waals surface area contributed by atoms with Gasteiger partial charge in [0.15, 0.2) is 0 Å². The third-order valence-corrected chi connectivity index (χ3v) is 4.56. The topological polar surface area (TPSA) is 113 Å². The molecule has 142 valence electrons. The van der Waals surface area contributed by atoms with Crippen molar-refractivity contribution in [2.24, 2.45) is 11.7 Å². The first kappa shape index (κ1) is 20.1. The molecule has 0 saturated carbocycles. The number of nitro groups is 1. The molecule has 2 N–H and O–H groups in total. The van der Waals surface area contributed by atoms with E-state index in [9.17, 15) is 19.7 Å². The van der Waals surface area contributed by atoms with Gasteiger partial charge in [0.1, 0.15) is 6.61 Å². The molecule has 0 aliphatic carbocycles. The number of primary amides is 1. The standard InChI is InChI=1S/C20H22N2O5/c1-3-13(2)18(14-7-5-4-6-8-14)20(24)27-12-16-10-9-15(19(21)23)11-17(16)22(25)26/h4-11,13,18H,3,12H2,1-2H3,(H2,21,23). The largest absolute Gasteiger partial charge is 0.460 e. The minimum Gasteiger partial charge on any atom is -0.460 e. The Labute approximate surface area is 157 Å². The SMILES string of the molecule is CCC(C)C(C(=O)OCc1ccc(C(N)=O)cc1[N+](=O)[O-])c1ccccc1. The predicted molar refractivity (Wildman–Crippen MR) is 100 cm³/mol. The molecule has 2 atom stereocenters. The van der Waals surface area contributed by atoms with Crippen LogP contribution in [-0.2, 0) is 16.1 Å². The van der Waals surface area contributed by atoms with E-state index in [2.05, 4.69) is 0 Å². The monoisotopic (exact) mass is 370 g/mol. The highest BCUT2D eigenvalue weighted by Gasteiger charge is 2.28. The Morgan fingerprint density at radius 1 is 1.19 bits per heavy atom. The van der Waals surface area contributed by atoms with Gasteiger partial charge in [-0.2, -0.15) is 0 Å². The second-order valence-electron chi connectivity index (χ2n) is 6.35. The summed E-state index contributed by atoms with van der Waals surface area (Å²) in [5.41, 5.74) is 5.93. The van der Waals surface area contributed by atoms with Crippen LogP contribution in [0.1, 0.15) is 47.7 Å². The van der Waals surface area contributed by atoms with Crippen molar-refractivity contribution in [3.05, 3.63) is 75.3 Å². The van der Waals surface area contributed by atoms with Gasteiger partial charge in [-0.05, 0) is 23.6 Å². The molecule has 7 nitrogen and oxygen atoms in total. The number of hydrogen-bond acceptors (Lipinski definition) is 5. The van der Waals surface area contributed by atoms with Crippen molar-refractivity contribution < 1.29 is 19.2 Å². The van der Waals surface area contributed by atoms with Gasteiger partial charge in [0, 0.05) is 11.6 Å². The predicted octanol–water partition coefficient (Wildman–Crippen LogP) is 3.57. The number of hydrogen-bond donors (Lipinski definition) is 1. The molecule has 0 saturated heterocycles. The minimum absolute atomic E-state index is 0.0264. The summed E-state index contributed by atoms with van der Waals surface area (Å²) in [6.45, 7) is 3.69. The Bertz CT molecular complexity index is 836. The van der Waals surface area contributed by atoms with Gasteiger partial charge in [-0.1, -0.05) is 50.6 Å². The van der Waals surface area contributed by atoms with Crippen LogP contribution < -0.4 is 5.73 Å². The molecule has 0 aliphatic heterocycles. The van der Waals surface area contributed by atoms with Crippen LogP contribution in [-0.4, -0.2) is 16.8 Å². The number of esters is 1. The lowest BCUT2D eigenvalue weighted by Crippen LogP contribution is -2.22. The van der Waals surface area contributed by atoms with Gasteiger partial charge in [-0.3, -0.25) is 19.7 Å². The van der Waals surface area contributed by atoms with Crippen LogP contribution >= 0.6 is 0 Å². The number of carbonyl (C=O) groups excluding carboxylic acids is 2. The fraction of sp³-hybridized carbons (Fsp3) is 0.300. The van der Waals surface area contributed by atoms with Gasteiger partial charge in [-0.15, -0.1) is 0 Å². The van der Waals surface area contributed by atoms with Crippen LogP contribution in [0.15, 0.2) is 48.5 Å². The van der Waals surface area contributed by atoms with Gasteiger partial charge < -0.3 is 10.5 Å². The summed E-state index contributed by atoms with van der Waals surface area (Å²) in [7, 11) is 0. The van der Waals surface area contributed by atoms with E-state index in [0.717, 1.165) is 18.1 Å². The first-order valence-corrected chi connectivity index (χ1v) is 8.63. The lowest BCUT2D eigenvalue weighted by Gasteiger charge is -2.22. The van der Waals surface area contributed by atoms with E-state index in [1.807, 2.05) is 44.2 Å². The maximum Gasteiger partial charge on any atom is 0.314 e. The number of nitrogens with zero attached hydrogens (tertiary/aromatic N) is 1. The van der Waals surface area contributed by atoms with E-state index >= 15 is 0 Å². The van der Waals surface area contributed by atoms with Crippen molar-refractivity contribution >= 4 is 17.6 Å². The van der Waals surface area contributed by atoms with Crippen molar-refractivity contribution in [2.45, 2.75) is 32.8 Å². The summed E-state index contributed by atoms with van der Waals surface area (Å²) >= 11 is 0. The maximum atomic E-state index is 12.7. The fourth-order valence-electron chi connectivity index (χ4n) is 2.84. The van der Waals surface area contributed by atoms with Crippen LogP contribution in [0.4, 0.5) is 5.69 Å². The summed E-state index contributed by atoms with van der Waals surface area (Å²) in [5, 5.41) is 11.3. The molecule has 7 heteroatoms. The number of amides is 1. The normalized spacial score (nSPS) is 12.8. The van der Waals surface area contributed by atoms with Gasteiger partial charge >= 0.3 is 5.97 Å². The highest BCUT2D eigenvalue weighted by atomic mass is 16.6. The third-order valence-electron chi connectivity index (χ3n) is 4.56. The Balaban J connectivity index is 2.22. The molecular weight excluding hydrogens is 348 g/mol. The lowest BCUT2D eigenvalue weighted by molar-refractivity contribution is -0.385. The zero-order chi connectivity index (χ0) is 20.0. The summed E-state index contributed by atoms with van der Waals surface area (Å²) in [5.74, 6) is -1.61. The molecule has 0 heterocycles. The quantitative estimate of drug-likeness (QED) is 0.434. The highest BCUT2D eigenvalue weighted by molar-refractivity contribution is 5.93. The minimum atomic E-state index is -0.762. The van der Waals surface area contributed by atoms with E-state index < -0.39 is 22.7 Å². The lowest BCUT2D eigenvalue weighted by atomic mass is 9.85. The fourth-order valence-corrected chi connectivity index (χ4v) is 2.84. The number of nitro benzene ring substituents is 1. The summed E-state index contributed by atoms with van der Waals surface area (Å²) in [4.78, 5) is 34.6. The van der Waals surface area contributed by atoms with E-state index in [4.69, 9.17) is 10.5 Å². The van der Waals surface area contributed by atoms with Crippen molar-refractivity contribution in [2.75, 3.05) is 0 Å². The first-order valence-electron chi connectivity index (χ1n) is 8.63. The Morgan fingerprint density at radius 3 is 2.41 bits per heavy atom. The Morgan fingerprint density at radius 2 is 1.85 bits per heavy atom.